The van der Waals surface area contributed by atoms with Crippen molar-refractivity contribution in [1.82, 2.24) is 10.2 Å². The summed E-state index contributed by atoms with van der Waals surface area (Å²) in [4.78, 5) is 0. The zero-order valence-corrected chi connectivity index (χ0v) is 10.8. The first-order valence-corrected chi connectivity index (χ1v) is 5.84. The van der Waals surface area contributed by atoms with Crippen molar-refractivity contribution in [3.63, 3.8) is 0 Å². The topological polar surface area (TPSA) is 59.4 Å². The van der Waals surface area contributed by atoms with Gasteiger partial charge in [0, 0.05) is 0 Å². The van der Waals surface area contributed by atoms with Gasteiger partial charge >= 0.3 is 6.61 Å². The number of hydrazone groups is 1. The van der Waals surface area contributed by atoms with Crippen LogP contribution in [0, 0.1) is 0 Å². The summed E-state index contributed by atoms with van der Waals surface area (Å²) in [6.45, 7) is -2.83. The van der Waals surface area contributed by atoms with E-state index in [2.05, 4.69) is 25.5 Å². The number of hydrogen-bond donors (Lipinski definition) is 1. The lowest BCUT2D eigenvalue weighted by atomic mass is 10.2. The molecule has 1 N–H and O–H groups in total. The zero-order chi connectivity index (χ0) is 14.4. The van der Waals surface area contributed by atoms with Gasteiger partial charge in [0.2, 0.25) is 0 Å². The van der Waals surface area contributed by atoms with Gasteiger partial charge in [0.1, 0.15) is 5.75 Å². The van der Waals surface area contributed by atoms with Gasteiger partial charge in [-0.15, -0.1) is 10.2 Å². The number of hydrogen-bond acceptors (Lipinski definition) is 5. The molecule has 0 atom stereocenters. The predicted octanol–water partition coefficient (Wildman–Crippen LogP) is 3.18. The first-order chi connectivity index (χ1) is 9.63. The highest BCUT2D eigenvalue weighted by Crippen LogP contribution is 2.14. The first-order valence-electron chi connectivity index (χ1n) is 5.46. The molecule has 0 radical (unpaired) electrons. The van der Waals surface area contributed by atoms with Crippen LogP contribution in [0.3, 0.4) is 0 Å². The van der Waals surface area contributed by atoms with E-state index in [1.54, 1.807) is 24.3 Å². The van der Waals surface area contributed by atoms with Gasteiger partial charge in [-0.25, -0.2) is 0 Å². The summed E-state index contributed by atoms with van der Waals surface area (Å²) in [7, 11) is 0. The molecule has 0 aliphatic carbocycles. The van der Waals surface area contributed by atoms with Crippen molar-refractivity contribution in [3.8, 4) is 5.75 Å². The second-order valence-corrected chi connectivity index (χ2v) is 3.95. The van der Waals surface area contributed by atoms with Crippen molar-refractivity contribution in [2.75, 3.05) is 5.43 Å². The summed E-state index contributed by atoms with van der Waals surface area (Å²) >= 11 is 5.59. The van der Waals surface area contributed by atoms with Crippen LogP contribution in [0.15, 0.2) is 41.5 Å². The van der Waals surface area contributed by atoms with Crippen LogP contribution < -0.4 is 10.2 Å². The number of ether oxygens (including phenoxy) is 1. The molecule has 1 aromatic heterocycles. The maximum absolute atomic E-state index is 12.0. The van der Waals surface area contributed by atoms with Gasteiger partial charge < -0.3 is 4.74 Å². The quantitative estimate of drug-likeness (QED) is 0.680. The largest absolute Gasteiger partial charge is 0.435 e. The van der Waals surface area contributed by atoms with E-state index in [0.29, 0.717) is 11.4 Å². The van der Waals surface area contributed by atoms with Gasteiger partial charge in [0.15, 0.2) is 11.0 Å². The van der Waals surface area contributed by atoms with Crippen molar-refractivity contribution in [3.05, 3.63) is 47.1 Å². The summed E-state index contributed by atoms with van der Waals surface area (Å²) in [6, 6.07) is 9.23. The van der Waals surface area contributed by atoms with Gasteiger partial charge in [-0.2, -0.15) is 13.9 Å². The molecule has 20 heavy (non-hydrogen) atoms. The van der Waals surface area contributed by atoms with E-state index in [0.717, 1.165) is 0 Å². The third-order valence-corrected chi connectivity index (χ3v) is 2.33. The van der Waals surface area contributed by atoms with Crippen LogP contribution in [-0.4, -0.2) is 23.0 Å². The van der Waals surface area contributed by atoms with Crippen LogP contribution in [0.5, 0.6) is 5.75 Å². The minimum Gasteiger partial charge on any atom is -0.435 e. The molecule has 0 aliphatic heterocycles. The molecule has 0 unspecified atom stereocenters. The molecule has 0 aliphatic rings. The molecule has 2 rings (SSSR count). The molecule has 0 amide bonds. The highest BCUT2D eigenvalue weighted by atomic mass is 35.5. The summed E-state index contributed by atoms with van der Waals surface area (Å²) in [5.41, 5.74) is 3.36. The molecular formula is C12H9ClF2N4O. The number of nitrogens with zero attached hydrogens (tertiary/aromatic N) is 3. The Morgan fingerprint density at radius 3 is 2.50 bits per heavy atom. The van der Waals surface area contributed by atoms with E-state index in [1.165, 1.54) is 18.3 Å². The number of alkyl halides is 2. The average molecular weight is 299 g/mol. The smallest absolute Gasteiger partial charge is 0.387 e. The Balaban J connectivity index is 1.92. The molecule has 0 saturated carbocycles. The summed E-state index contributed by atoms with van der Waals surface area (Å²) in [5, 5.41) is 11.6. The Morgan fingerprint density at radius 1 is 1.15 bits per heavy atom. The maximum Gasteiger partial charge on any atom is 0.387 e. The van der Waals surface area contributed by atoms with Gasteiger partial charge in [-0.05, 0) is 42.0 Å². The lowest BCUT2D eigenvalue weighted by Crippen LogP contribution is -2.01. The number of halogens is 3. The van der Waals surface area contributed by atoms with Gasteiger partial charge in [0.25, 0.3) is 0 Å². The maximum atomic E-state index is 12.0. The normalized spacial score (nSPS) is 11.0. The third-order valence-electron chi connectivity index (χ3n) is 2.13. The zero-order valence-electron chi connectivity index (χ0n) is 10.0. The van der Waals surface area contributed by atoms with Crippen molar-refractivity contribution < 1.29 is 13.5 Å². The van der Waals surface area contributed by atoms with Crippen LogP contribution >= 0.6 is 11.6 Å². The Morgan fingerprint density at radius 2 is 1.90 bits per heavy atom. The molecule has 1 heterocycles. The van der Waals surface area contributed by atoms with Crippen LogP contribution in [-0.2, 0) is 0 Å². The minimum atomic E-state index is -2.83. The highest BCUT2D eigenvalue weighted by Gasteiger charge is 2.02. The standard InChI is InChI=1S/C12H9ClF2N4O/c13-10-5-6-11(19-17-10)18-16-7-8-1-3-9(4-2-8)20-12(14)15/h1-7,12H,(H,18,19)/b16-7-. The fourth-order valence-electron chi connectivity index (χ4n) is 1.28. The van der Waals surface area contributed by atoms with Crippen LogP contribution in [0.4, 0.5) is 14.6 Å². The molecule has 0 saturated heterocycles. The molecule has 0 fully saturated rings. The first kappa shape index (κ1) is 14.1. The fourth-order valence-corrected chi connectivity index (χ4v) is 1.38. The molecule has 2 aromatic rings. The summed E-state index contributed by atoms with van der Waals surface area (Å²) in [5.74, 6) is 0.525. The highest BCUT2D eigenvalue weighted by molar-refractivity contribution is 6.29. The average Bonchev–Trinajstić information content (AvgIpc) is 2.42. The number of rotatable bonds is 5. The lowest BCUT2D eigenvalue weighted by molar-refractivity contribution is -0.0498. The second-order valence-electron chi connectivity index (χ2n) is 3.56. The Kier molecular flexibility index (Phi) is 4.78. The van der Waals surface area contributed by atoms with Crippen LogP contribution in [0.2, 0.25) is 5.15 Å². The molecule has 1 aromatic carbocycles. The minimum absolute atomic E-state index is 0.0914. The summed E-state index contributed by atoms with van der Waals surface area (Å²) < 4.78 is 28.1. The monoisotopic (exact) mass is 298 g/mol. The van der Waals surface area contributed by atoms with Gasteiger partial charge in [-0.1, -0.05) is 11.6 Å². The number of anilines is 1. The number of benzene rings is 1. The second kappa shape index (κ2) is 6.76. The number of aromatic nitrogens is 2. The van der Waals surface area contributed by atoms with E-state index in [-0.39, 0.29) is 10.9 Å². The predicted molar refractivity (Wildman–Crippen MR) is 71.3 cm³/mol. The Bertz CT molecular complexity index is 575. The van der Waals surface area contributed by atoms with Crippen LogP contribution in [0.25, 0.3) is 0 Å². The molecule has 0 spiro atoms. The van der Waals surface area contributed by atoms with Crippen molar-refractivity contribution in [2.45, 2.75) is 6.61 Å². The molecule has 5 nitrogen and oxygen atoms in total. The van der Waals surface area contributed by atoms with Gasteiger partial charge in [-0.3, -0.25) is 5.43 Å². The van der Waals surface area contributed by atoms with E-state index in [4.69, 9.17) is 11.6 Å². The van der Waals surface area contributed by atoms with Crippen molar-refractivity contribution in [1.29, 1.82) is 0 Å². The SMILES string of the molecule is FC(F)Oc1ccc(/C=N\Nc2ccc(Cl)nn2)cc1. The van der Waals surface area contributed by atoms with E-state index in [9.17, 15) is 8.78 Å². The molecule has 104 valence electrons. The van der Waals surface area contributed by atoms with E-state index < -0.39 is 6.61 Å². The fraction of sp³-hybridized carbons (Fsp3) is 0.0833. The Hall–Kier alpha value is -2.28. The summed E-state index contributed by atoms with van der Waals surface area (Å²) in [6.07, 6.45) is 1.50. The Labute approximate surface area is 118 Å². The number of nitrogens with one attached hydrogen (secondary N) is 1. The molecule has 0 bridgehead atoms. The van der Waals surface area contributed by atoms with Gasteiger partial charge in [0.05, 0.1) is 6.21 Å². The molecular weight excluding hydrogens is 290 g/mol. The third kappa shape index (κ3) is 4.43. The lowest BCUT2D eigenvalue weighted by Gasteiger charge is -2.03. The molecule has 8 heteroatoms. The van der Waals surface area contributed by atoms with Crippen LogP contribution in [0.1, 0.15) is 5.56 Å². The van der Waals surface area contributed by atoms with E-state index in [1.807, 2.05) is 0 Å². The van der Waals surface area contributed by atoms with Crippen molar-refractivity contribution >= 4 is 23.6 Å². The van der Waals surface area contributed by atoms with E-state index >= 15 is 0 Å². The van der Waals surface area contributed by atoms with Crippen molar-refractivity contribution in [2.24, 2.45) is 5.10 Å².